The molecule has 5 nitrogen and oxygen atoms in total. The molecule has 2 rings (SSSR count). The molecule has 5 heteroatoms. The second-order valence-corrected chi connectivity index (χ2v) is 4.59. The molecule has 0 bridgehead atoms. The molecule has 0 aromatic rings. The summed E-state index contributed by atoms with van der Waals surface area (Å²) >= 11 is 0. The highest BCUT2D eigenvalue weighted by Crippen LogP contribution is 2.13. The Kier molecular flexibility index (Phi) is 3.78. The second-order valence-electron chi connectivity index (χ2n) is 4.59. The molecule has 2 saturated heterocycles. The van der Waals surface area contributed by atoms with Gasteiger partial charge >= 0.3 is 0 Å². The van der Waals surface area contributed by atoms with Gasteiger partial charge in [0.25, 0.3) is 5.91 Å². The minimum absolute atomic E-state index is 0.117. The van der Waals surface area contributed by atoms with Crippen LogP contribution in [0.2, 0.25) is 0 Å². The molecule has 0 aromatic heterocycles. The Hall–Kier alpha value is -0.650. The van der Waals surface area contributed by atoms with Crippen LogP contribution in [0.15, 0.2) is 0 Å². The number of likely N-dealkylation sites (tertiary alicyclic amines) is 1. The number of amides is 1. The van der Waals surface area contributed by atoms with Crippen LogP contribution in [0.4, 0.5) is 0 Å². The van der Waals surface area contributed by atoms with E-state index in [4.69, 9.17) is 10.5 Å². The monoisotopic (exact) mass is 227 g/mol. The van der Waals surface area contributed by atoms with Gasteiger partial charge in [0.15, 0.2) is 0 Å². The highest BCUT2D eigenvalue weighted by atomic mass is 16.5. The van der Waals surface area contributed by atoms with Crippen molar-refractivity contribution in [3.63, 3.8) is 0 Å². The fraction of sp³-hybridized carbons (Fsp3) is 0.909. The van der Waals surface area contributed by atoms with E-state index >= 15 is 0 Å². The summed E-state index contributed by atoms with van der Waals surface area (Å²) in [5, 5.41) is 0. The molecule has 2 N–H and O–H groups in total. The van der Waals surface area contributed by atoms with Gasteiger partial charge in [-0.2, -0.15) is 0 Å². The first-order valence-electron chi connectivity index (χ1n) is 6.09. The normalized spacial score (nSPS) is 32.0. The van der Waals surface area contributed by atoms with E-state index in [1.807, 2.05) is 4.90 Å². The third-order valence-electron chi connectivity index (χ3n) is 3.41. The van der Waals surface area contributed by atoms with E-state index in [2.05, 4.69) is 11.8 Å². The van der Waals surface area contributed by atoms with Crippen LogP contribution < -0.4 is 5.73 Å². The zero-order valence-electron chi connectivity index (χ0n) is 9.89. The Morgan fingerprint density at radius 3 is 2.88 bits per heavy atom. The average Bonchev–Trinajstić information content (AvgIpc) is 2.75. The van der Waals surface area contributed by atoms with Gasteiger partial charge in [0.1, 0.15) is 6.10 Å². The number of carbonyl (C=O) groups is 1. The predicted molar refractivity (Wildman–Crippen MR) is 61.0 cm³/mol. The van der Waals surface area contributed by atoms with Gasteiger partial charge in [-0.15, -0.1) is 0 Å². The molecule has 0 aliphatic carbocycles. The Morgan fingerprint density at radius 1 is 1.44 bits per heavy atom. The number of nitrogens with zero attached hydrogens (tertiary/aromatic N) is 2. The third kappa shape index (κ3) is 2.53. The van der Waals surface area contributed by atoms with Crippen molar-refractivity contribution < 1.29 is 9.53 Å². The van der Waals surface area contributed by atoms with Gasteiger partial charge in [0, 0.05) is 32.2 Å². The second kappa shape index (κ2) is 5.12. The van der Waals surface area contributed by atoms with Crippen LogP contribution in [0.3, 0.4) is 0 Å². The number of morpholine rings is 1. The molecule has 2 atom stereocenters. The van der Waals surface area contributed by atoms with Crippen molar-refractivity contribution in [2.45, 2.75) is 25.5 Å². The van der Waals surface area contributed by atoms with Gasteiger partial charge in [-0.3, -0.25) is 9.69 Å². The fourth-order valence-corrected chi connectivity index (χ4v) is 2.33. The lowest BCUT2D eigenvalue weighted by molar-refractivity contribution is -0.148. The van der Waals surface area contributed by atoms with Crippen LogP contribution in [-0.4, -0.2) is 67.2 Å². The number of hydrogen-bond donors (Lipinski definition) is 1. The fourth-order valence-electron chi connectivity index (χ4n) is 2.33. The summed E-state index contributed by atoms with van der Waals surface area (Å²) in [4.78, 5) is 16.2. The smallest absolute Gasteiger partial charge is 0.253 e. The van der Waals surface area contributed by atoms with Crippen molar-refractivity contribution in [3.8, 4) is 0 Å². The van der Waals surface area contributed by atoms with Crippen molar-refractivity contribution in [2.75, 3.05) is 39.3 Å². The number of rotatable bonds is 2. The standard InChI is InChI=1S/C11H21N3O2/c1-2-13-5-6-16-10(8-13)11(15)14-4-3-9(12)7-14/h9-10H,2-8,12H2,1H3/t9-,10?/m1/s1. The van der Waals surface area contributed by atoms with E-state index in [1.165, 1.54) is 0 Å². The molecule has 2 heterocycles. The van der Waals surface area contributed by atoms with E-state index in [0.29, 0.717) is 13.2 Å². The van der Waals surface area contributed by atoms with Gasteiger partial charge in [-0.05, 0) is 13.0 Å². The number of hydrogen-bond acceptors (Lipinski definition) is 4. The Balaban J connectivity index is 1.89. The van der Waals surface area contributed by atoms with E-state index in [-0.39, 0.29) is 18.1 Å². The molecule has 0 spiro atoms. The van der Waals surface area contributed by atoms with Crippen molar-refractivity contribution >= 4 is 5.91 Å². The molecule has 1 unspecified atom stereocenters. The van der Waals surface area contributed by atoms with Crippen LogP contribution in [0, 0.1) is 0 Å². The average molecular weight is 227 g/mol. The highest BCUT2D eigenvalue weighted by molar-refractivity contribution is 5.81. The Morgan fingerprint density at radius 2 is 2.25 bits per heavy atom. The molecule has 0 radical (unpaired) electrons. The molecular formula is C11H21N3O2. The zero-order chi connectivity index (χ0) is 11.5. The highest BCUT2D eigenvalue weighted by Gasteiger charge is 2.32. The van der Waals surface area contributed by atoms with Gasteiger partial charge in [-0.25, -0.2) is 0 Å². The lowest BCUT2D eigenvalue weighted by Crippen LogP contribution is -2.50. The van der Waals surface area contributed by atoms with Gasteiger partial charge in [0.2, 0.25) is 0 Å². The summed E-state index contributed by atoms with van der Waals surface area (Å²) in [5.41, 5.74) is 5.80. The summed E-state index contributed by atoms with van der Waals surface area (Å²) in [7, 11) is 0. The first-order chi connectivity index (χ1) is 7.70. The van der Waals surface area contributed by atoms with Crippen LogP contribution in [0.25, 0.3) is 0 Å². The van der Waals surface area contributed by atoms with Gasteiger partial charge < -0.3 is 15.4 Å². The molecule has 16 heavy (non-hydrogen) atoms. The Labute approximate surface area is 96.5 Å². The maximum absolute atomic E-state index is 12.1. The van der Waals surface area contributed by atoms with Gasteiger partial charge in [-0.1, -0.05) is 6.92 Å². The lowest BCUT2D eigenvalue weighted by Gasteiger charge is -2.33. The molecule has 92 valence electrons. The van der Waals surface area contributed by atoms with E-state index in [9.17, 15) is 4.79 Å². The van der Waals surface area contributed by atoms with Crippen LogP contribution in [0.1, 0.15) is 13.3 Å². The number of nitrogens with two attached hydrogens (primary N) is 1. The molecule has 2 aliphatic heterocycles. The topological polar surface area (TPSA) is 58.8 Å². The molecule has 0 saturated carbocycles. The van der Waals surface area contributed by atoms with E-state index in [0.717, 1.165) is 32.6 Å². The first kappa shape index (κ1) is 11.8. The third-order valence-corrected chi connectivity index (χ3v) is 3.41. The van der Waals surface area contributed by atoms with E-state index < -0.39 is 0 Å². The summed E-state index contributed by atoms with van der Waals surface area (Å²) < 4.78 is 5.55. The maximum atomic E-state index is 12.1. The summed E-state index contributed by atoms with van der Waals surface area (Å²) in [5.74, 6) is 0.117. The predicted octanol–water partition coefficient (Wildman–Crippen LogP) is -0.733. The van der Waals surface area contributed by atoms with Crippen molar-refractivity contribution in [1.29, 1.82) is 0 Å². The zero-order valence-corrected chi connectivity index (χ0v) is 9.89. The molecular weight excluding hydrogens is 206 g/mol. The summed E-state index contributed by atoms with van der Waals surface area (Å²) in [6.45, 7) is 6.87. The van der Waals surface area contributed by atoms with Crippen LogP contribution in [0.5, 0.6) is 0 Å². The minimum Gasteiger partial charge on any atom is -0.366 e. The summed E-state index contributed by atoms with van der Waals surface area (Å²) in [6.07, 6.45) is 0.634. The van der Waals surface area contributed by atoms with Crippen molar-refractivity contribution in [3.05, 3.63) is 0 Å². The van der Waals surface area contributed by atoms with E-state index in [1.54, 1.807) is 0 Å². The first-order valence-corrected chi connectivity index (χ1v) is 6.09. The molecule has 0 aromatic carbocycles. The minimum atomic E-state index is -0.279. The van der Waals surface area contributed by atoms with Gasteiger partial charge in [0.05, 0.1) is 6.61 Å². The van der Waals surface area contributed by atoms with Crippen molar-refractivity contribution in [1.82, 2.24) is 9.80 Å². The summed E-state index contributed by atoms with van der Waals surface area (Å²) in [6, 6.07) is 0.148. The molecule has 2 fully saturated rings. The van der Waals surface area contributed by atoms with Crippen LogP contribution >= 0.6 is 0 Å². The molecule has 2 aliphatic rings. The van der Waals surface area contributed by atoms with Crippen LogP contribution in [-0.2, 0) is 9.53 Å². The quantitative estimate of drug-likeness (QED) is 0.675. The number of ether oxygens (including phenoxy) is 1. The Bertz CT molecular complexity index is 260. The largest absolute Gasteiger partial charge is 0.366 e. The van der Waals surface area contributed by atoms with Crippen molar-refractivity contribution in [2.24, 2.45) is 5.73 Å². The number of carbonyl (C=O) groups excluding carboxylic acids is 1. The number of likely N-dealkylation sites (N-methyl/N-ethyl adjacent to an activating group) is 1. The molecule has 1 amide bonds. The SMILES string of the molecule is CCN1CCOC(C(=O)N2CC[C@@H](N)C2)C1. The maximum Gasteiger partial charge on any atom is 0.253 e. The lowest BCUT2D eigenvalue weighted by atomic mass is 10.2.